The van der Waals surface area contributed by atoms with Gasteiger partial charge in [0, 0.05) is 39.0 Å². The molecule has 0 spiro atoms. The van der Waals surface area contributed by atoms with Crippen LogP contribution in [0.3, 0.4) is 0 Å². The van der Waals surface area contributed by atoms with Crippen molar-refractivity contribution in [3.63, 3.8) is 0 Å². The number of primary amides is 1. The Balaban J connectivity index is 1.53. The maximum atomic E-state index is 13.7. The molecule has 218 valence electrons. The number of ether oxygens (including phenoxy) is 2. The first-order valence-corrected chi connectivity index (χ1v) is 13.9. The van der Waals surface area contributed by atoms with Gasteiger partial charge in [-0.3, -0.25) is 14.4 Å². The molecule has 4 rings (SSSR count). The van der Waals surface area contributed by atoms with E-state index in [4.69, 9.17) is 20.9 Å². The largest absolute Gasteiger partial charge is 0.492 e. The van der Waals surface area contributed by atoms with E-state index in [1.807, 2.05) is 66.7 Å². The Bertz CT molecular complexity index is 1340. The first-order valence-electron chi connectivity index (χ1n) is 13.9. The van der Waals surface area contributed by atoms with Crippen LogP contribution in [0.15, 0.2) is 66.7 Å². The first kappa shape index (κ1) is 30.0. The number of benzene rings is 3. The second kappa shape index (κ2) is 14.1. The van der Waals surface area contributed by atoms with Gasteiger partial charge in [-0.2, -0.15) is 0 Å². The zero-order chi connectivity index (χ0) is 29.2. The second-order valence-electron chi connectivity index (χ2n) is 10.3. The molecular weight excluding hydrogens is 522 g/mol. The molecule has 0 aromatic heterocycles. The van der Waals surface area contributed by atoms with Crippen molar-refractivity contribution >= 4 is 28.5 Å². The standard InChI is InChI=1S/C31H39N5O5/c1-34-26(19-21-7-10-25(11-8-21)41-17-14-32)28(37)35-27(20-22-6-9-23-4-2-3-5-24(23)18-22)29(38)36-31(30(33)39)12-15-40-16-13-31/h2-11,18,26-27,34H,12-17,19-20,32H2,1H3,(H2,33,39)(H,35,37)(H,36,38). The molecule has 1 aliphatic heterocycles. The van der Waals surface area contributed by atoms with Gasteiger partial charge < -0.3 is 36.9 Å². The summed E-state index contributed by atoms with van der Waals surface area (Å²) in [4.78, 5) is 39.6. The molecule has 3 aromatic rings. The smallest absolute Gasteiger partial charge is 0.243 e. The highest BCUT2D eigenvalue weighted by Gasteiger charge is 2.41. The predicted octanol–water partition coefficient (Wildman–Crippen LogP) is 1.19. The summed E-state index contributed by atoms with van der Waals surface area (Å²) in [7, 11) is 1.70. The number of nitrogens with two attached hydrogens (primary N) is 2. The highest BCUT2D eigenvalue weighted by Crippen LogP contribution is 2.22. The van der Waals surface area contributed by atoms with Gasteiger partial charge >= 0.3 is 0 Å². The van der Waals surface area contributed by atoms with Crippen LogP contribution in [0.1, 0.15) is 24.0 Å². The first-order chi connectivity index (χ1) is 19.8. The Morgan fingerprint density at radius 3 is 2.22 bits per heavy atom. The molecule has 10 nitrogen and oxygen atoms in total. The zero-order valence-corrected chi connectivity index (χ0v) is 23.4. The Morgan fingerprint density at radius 2 is 1.56 bits per heavy atom. The van der Waals surface area contributed by atoms with Crippen LogP contribution in [0.2, 0.25) is 0 Å². The van der Waals surface area contributed by atoms with Crippen molar-refractivity contribution < 1.29 is 23.9 Å². The van der Waals surface area contributed by atoms with E-state index in [1.54, 1.807) is 7.05 Å². The minimum absolute atomic E-state index is 0.233. The van der Waals surface area contributed by atoms with Crippen molar-refractivity contribution in [1.29, 1.82) is 0 Å². The van der Waals surface area contributed by atoms with Crippen LogP contribution in [0.4, 0.5) is 0 Å². The summed E-state index contributed by atoms with van der Waals surface area (Å²) in [6, 6.07) is 19.8. The number of hydrogen-bond acceptors (Lipinski definition) is 7. The van der Waals surface area contributed by atoms with Crippen LogP contribution < -0.4 is 32.2 Å². The minimum Gasteiger partial charge on any atom is -0.492 e. The molecule has 3 amide bonds. The van der Waals surface area contributed by atoms with E-state index in [1.165, 1.54) is 0 Å². The summed E-state index contributed by atoms with van der Waals surface area (Å²) in [5.74, 6) is -0.717. The van der Waals surface area contributed by atoms with Gasteiger partial charge in [0.2, 0.25) is 17.7 Å². The number of hydrogen-bond donors (Lipinski definition) is 5. The molecule has 10 heteroatoms. The number of carbonyl (C=O) groups is 3. The highest BCUT2D eigenvalue weighted by molar-refractivity contribution is 5.95. The van der Waals surface area contributed by atoms with E-state index < -0.39 is 29.4 Å². The van der Waals surface area contributed by atoms with Gasteiger partial charge in [-0.1, -0.05) is 54.6 Å². The van der Waals surface area contributed by atoms with E-state index in [0.29, 0.717) is 38.5 Å². The van der Waals surface area contributed by atoms with Gasteiger partial charge in [0.05, 0.1) is 6.04 Å². The van der Waals surface area contributed by atoms with Gasteiger partial charge in [-0.15, -0.1) is 0 Å². The average Bonchev–Trinajstić information content (AvgIpc) is 2.99. The van der Waals surface area contributed by atoms with Crippen LogP contribution in [0.5, 0.6) is 5.75 Å². The van der Waals surface area contributed by atoms with Crippen molar-refractivity contribution in [2.24, 2.45) is 11.5 Å². The van der Waals surface area contributed by atoms with Crippen molar-refractivity contribution in [3.05, 3.63) is 77.9 Å². The lowest BCUT2D eigenvalue weighted by atomic mass is 9.88. The summed E-state index contributed by atoms with van der Waals surface area (Å²) < 4.78 is 10.9. The summed E-state index contributed by atoms with van der Waals surface area (Å²) >= 11 is 0. The number of likely N-dealkylation sites (N-methyl/N-ethyl adjacent to an activating group) is 1. The van der Waals surface area contributed by atoms with Crippen LogP contribution in [-0.4, -0.2) is 68.8 Å². The van der Waals surface area contributed by atoms with E-state index >= 15 is 0 Å². The van der Waals surface area contributed by atoms with Gasteiger partial charge in [0.25, 0.3) is 0 Å². The molecule has 3 aromatic carbocycles. The normalized spacial score (nSPS) is 16.0. The van der Waals surface area contributed by atoms with E-state index in [2.05, 4.69) is 16.0 Å². The summed E-state index contributed by atoms with van der Waals surface area (Å²) in [6.07, 6.45) is 1.17. The molecule has 1 saturated heterocycles. The molecule has 7 N–H and O–H groups in total. The molecule has 2 unspecified atom stereocenters. The third-order valence-corrected chi connectivity index (χ3v) is 7.48. The highest BCUT2D eigenvalue weighted by atomic mass is 16.5. The molecule has 1 aliphatic rings. The molecule has 1 fully saturated rings. The summed E-state index contributed by atoms with van der Waals surface area (Å²) in [5, 5.41) is 11.0. The van der Waals surface area contributed by atoms with Gasteiger partial charge in [0.15, 0.2) is 0 Å². The zero-order valence-electron chi connectivity index (χ0n) is 23.4. The maximum absolute atomic E-state index is 13.7. The van der Waals surface area contributed by atoms with Gasteiger partial charge in [0.1, 0.15) is 23.9 Å². The van der Waals surface area contributed by atoms with Crippen molar-refractivity contribution in [2.75, 3.05) is 33.4 Å². The number of nitrogens with one attached hydrogen (secondary N) is 3. The Hall–Kier alpha value is -3.99. The Kier molecular flexibility index (Phi) is 10.3. The average molecular weight is 562 g/mol. The lowest BCUT2D eigenvalue weighted by Crippen LogP contribution is -2.64. The SMILES string of the molecule is CNC(Cc1ccc(OCCN)cc1)C(=O)NC(Cc1ccc2ccccc2c1)C(=O)NC1(C(N)=O)CCOCC1. The minimum atomic E-state index is -1.22. The Labute approximate surface area is 240 Å². The number of fused-ring (bicyclic) bond motifs is 1. The van der Waals surface area contributed by atoms with Crippen LogP contribution >= 0.6 is 0 Å². The lowest BCUT2D eigenvalue weighted by molar-refractivity contribution is -0.137. The molecule has 0 radical (unpaired) electrons. The van der Waals surface area contributed by atoms with Gasteiger partial charge in [-0.25, -0.2) is 0 Å². The molecular formula is C31H39N5O5. The molecule has 1 heterocycles. The molecule has 41 heavy (non-hydrogen) atoms. The van der Waals surface area contributed by atoms with Crippen LogP contribution in [0.25, 0.3) is 10.8 Å². The molecule has 2 atom stereocenters. The monoisotopic (exact) mass is 561 g/mol. The number of carbonyl (C=O) groups excluding carboxylic acids is 3. The van der Waals surface area contributed by atoms with E-state index in [9.17, 15) is 14.4 Å². The summed E-state index contributed by atoms with van der Waals surface area (Å²) in [6.45, 7) is 1.46. The van der Waals surface area contributed by atoms with Crippen molar-refractivity contribution in [2.45, 2.75) is 43.3 Å². The fourth-order valence-corrected chi connectivity index (χ4v) is 5.02. The lowest BCUT2D eigenvalue weighted by Gasteiger charge is -2.36. The van der Waals surface area contributed by atoms with Gasteiger partial charge in [-0.05, 0) is 47.5 Å². The Morgan fingerprint density at radius 1 is 0.902 bits per heavy atom. The second-order valence-corrected chi connectivity index (χ2v) is 10.3. The van der Waals surface area contributed by atoms with E-state index in [-0.39, 0.29) is 25.2 Å². The topological polar surface area (TPSA) is 158 Å². The third-order valence-electron chi connectivity index (χ3n) is 7.48. The molecule has 0 saturated carbocycles. The molecule has 0 aliphatic carbocycles. The molecule has 0 bridgehead atoms. The number of amides is 3. The number of rotatable bonds is 13. The quantitative estimate of drug-likeness (QED) is 0.210. The predicted molar refractivity (Wildman–Crippen MR) is 157 cm³/mol. The maximum Gasteiger partial charge on any atom is 0.243 e. The fraction of sp³-hybridized carbons (Fsp3) is 0.387. The fourth-order valence-electron chi connectivity index (χ4n) is 5.02. The van der Waals surface area contributed by atoms with E-state index in [0.717, 1.165) is 21.9 Å². The third kappa shape index (κ3) is 7.81. The van der Waals surface area contributed by atoms with Crippen molar-refractivity contribution in [3.8, 4) is 5.75 Å². The van der Waals surface area contributed by atoms with Crippen molar-refractivity contribution in [1.82, 2.24) is 16.0 Å². The summed E-state index contributed by atoms with van der Waals surface area (Å²) in [5.41, 5.74) is 11.8. The van der Waals surface area contributed by atoms with Crippen LogP contribution in [0, 0.1) is 0 Å². The van der Waals surface area contributed by atoms with Crippen LogP contribution in [-0.2, 0) is 32.0 Å².